The van der Waals surface area contributed by atoms with E-state index in [-0.39, 0.29) is 6.42 Å². The lowest BCUT2D eigenvalue weighted by molar-refractivity contribution is -0.136. The van der Waals surface area contributed by atoms with E-state index in [4.69, 9.17) is 5.11 Å². The van der Waals surface area contributed by atoms with Gasteiger partial charge >= 0.3 is 5.97 Å². The van der Waals surface area contributed by atoms with E-state index in [1.54, 1.807) is 0 Å². The van der Waals surface area contributed by atoms with Crippen LogP contribution in [0.3, 0.4) is 0 Å². The van der Waals surface area contributed by atoms with Crippen LogP contribution in [0, 0.1) is 0 Å². The van der Waals surface area contributed by atoms with Crippen LogP contribution in [-0.4, -0.2) is 20.5 Å². The molecular weight excluding hydrogens is 260 g/mol. The quantitative estimate of drug-likeness (QED) is 0.794. The number of nitrogens with zero attached hydrogens (tertiary/aromatic N) is 2. The predicted octanol–water partition coefficient (Wildman–Crippen LogP) is 2.61. The van der Waals surface area contributed by atoms with E-state index >= 15 is 0 Å². The molecule has 3 rings (SSSR count). The molecule has 5 heteroatoms. The van der Waals surface area contributed by atoms with Crippen molar-refractivity contribution < 1.29 is 9.90 Å². The Hall–Kier alpha value is -2.14. The third-order valence-corrected chi connectivity index (χ3v) is 3.78. The van der Waals surface area contributed by atoms with Crippen LogP contribution in [0.15, 0.2) is 41.9 Å². The first kappa shape index (κ1) is 11.9. The lowest BCUT2D eigenvalue weighted by Crippen LogP contribution is -2.02. The van der Waals surface area contributed by atoms with Crippen LogP contribution in [0.5, 0.6) is 0 Å². The van der Waals surface area contributed by atoms with Crippen LogP contribution in [0.1, 0.15) is 17.0 Å². The van der Waals surface area contributed by atoms with E-state index in [9.17, 15) is 4.79 Å². The first-order valence-corrected chi connectivity index (χ1v) is 6.80. The number of benzene rings is 1. The summed E-state index contributed by atoms with van der Waals surface area (Å²) in [5.74, 6) is -0.821. The summed E-state index contributed by atoms with van der Waals surface area (Å²) < 4.78 is 1.87. The molecule has 0 fully saturated rings. The van der Waals surface area contributed by atoms with Gasteiger partial charge in [-0.1, -0.05) is 30.3 Å². The predicted molar refractivity (Wildman–Crippen MR) is 73.7 cm³/mol. The maximum atomic E-state index is 10.8. The standard InChI is InChI=1S/C14H12N2O2S/c17-13(18)7-12-9-19-14-15-11(8-16(12)14)6-10-4-2-1-3-5-10/h1-5,8-9H,6-7H2,(H,17,18). The summed E-state index contributed by atoms with van der Waals surface area (Å²) in [6.07, 6.45) is 2.72. The zero-order valence-electron chi connectivity index (χ0n) is 10.1. The number of fused-ring (bicyclic) bond motifs is 1. The minimum Gasteiger partial charge on any atom is -0.481 e. The molecule has 0 aliphatic heterocycles. The van der Waals surface area contributed by atoms with Crippen molar-refractivity contribution in [3.8, 4) is 0 Å². The van der Waals surface area contributed by atoms with Gasteiger partial charge in [-0.05, 0) is 5.56 Å². The van der Waals surface area contributed by atoms with Gasteiger partial charge in [-0.25, -0.2) is 4.98 Å². The van der Waals surface area contributed by atoms with Gasteiger partial charge in [0, 0.05) is 23.7 Å². The number of thiazole rings is 1. The molecule has 2 aromatic heterocycles. The molecule has 0 saturated carbocycles. The SMILES string of the molecule is O=C(O)Cc1csc2nc(Cc3ccccc3)cn12. The van der Waals surface area contributed by atoms with Crippen LogP contribution in [0.2, 0.25) is 0 Å². The molecule has 0 atom stereocenters. The molecule has 0 aliphatic rings. The summed E-state index contributed by atoms with van der Waals surface area (Å²) in [6.45, 7) is 0. The normalized spacial score (nSPS) is 10.9. The maximum Gasteiger partial charge on any atom is 0.309 e. The van der Waals surface area contributed by atoms with Crippen LogP contribution in [0.25, 0.3) is 4.96 Å². The van der Waals surface area contributed by atoms with Gasteiger partial charge in [-0.15, -0.1) is 11.3 Å². The number of rotatable bonds is 4. The largest absolute Gasteiger partial charge is 0.481 e. The van der Waals surface area contributed by atoms with Crippen LogP contribution in [0.4, 0.5) is 0 Å². The number of imidazole rings is 1. The average molecular weight is 272 g/mol. The summed E-state index contributed by atoms with van der Waals surface area (Å²) >= 11 is 1.48. The van der Waals surface area contributed by atoms with Gasteiger partial charge in [0.25, 0.3) is 0 Å². The van der Waals surface area contributed by atoms with E-state index in [0.29, 0.717) is 0 Å². The first-order chi connectivity index (χ1) is 9.22. The highest BCUT2D eigenvalue weighted by Crippen LogP contribution is 2.18. The Bertz CT molecular complexity index is 715. The zero-order valence-corrected chi connectivity index (χ0v) is 10.9. The van der Waals surface area contributed by atoms with Gasteiger partial charge in [-0.3, -0.25) is 9.20 Å². The van der Waals surface area contributed by atoms with Crippen molar-refractivity contribution in [2.75, 3.05) is 0 Å². The molecule has 1 aromatic carbocycles. The number of aromatic nitrogens is 2. The van der Waals surface area contributed by atoms with E-state index in [0.717, 1.165) is 22.8 Å². The highest BCUT2D eigenvalue weighted by atomic mass is 32.1. The van der Waals surface area contributed by atoms with Crippen LogP contribution >= 0.6 is 11.3 Å². The summed E-state index contributed by atoms with van der Waals surface area (Å²) in [4.78, 5) is 16.2. The maximum absolute atomic E-state index is 10.8. The summed E-state index contributed by atoms with van der Waals surface area (Å²) in [5.41, 5.74) is 2.94. The Labute approximate surface area is 114 Å². The summed E-state index contributed by atoms with van der Waals surface area (Å²) in [5, 5.41) is 10.7. The molecule has 3 aromatic rings. The molecule has 0 unspecified atom stereocenters. The Morgan fingerprint density at radius 1 is 1.32 bits per heavy atom. The van der Waals surface area contributed by atoms with Gasteiger partial charge in [0.1, 0.15) is 0 Å². The van der Waals surface area contributed by atoms with Gasteiger partial charge < -0.3 is 5.11 Å². The highest BCUT2D eigenvalue weighted by molar-refractivity contribution is 7.15. The van der Waals surface area contributed by atoms with Crippen molar-refractivity contribution in [1.82, 2.24) is 9.38 Å². The number of hydrogen-bond donors (Lipinski definition) is 1. The fourth-order valence-electron chi connectivity index (χ4n) is 2.05. The molecule has 0 amide bonds. The molecule has 4 nitrogen and oxygen atoms in total. The van der Waals surface area contributed by atoms with Gasteiger partial charge in [-0.2, -0.15) is 0 Å². The van der Waals surface area contributed by atoms with Crippen LogP contribution in [-0.2, 0) is 17.6 Å². The Kier molecular flexibility index (Phi) is 3.05. The molecule has 0 bridgehead atoms. The van der Waals surface area contributed by atoms with Crippen molar-refractivity contribution in [3.63, 3.8) is 0 Å². The Balaban J connectivity index is 1.90. The fraction of sp³-hybridized carbons (Fsp3) is 0.143. The second-order valence-electron chi connectivity index (χ2n) is 4.34. The van der Waals surface area contributed by atoms with Crippen LogP contribution < -0.4 is 0 Å². The molecule has 0 aliphatic carbocycles. The highest BCUT2D eigenvalue weighted by Gasteiger charge is 2.10. The molecule has 19 heavy (non-hydrogen) atoms. The van der Waals surface area contributed by atoms with E-state index in [2.05, 4.69) is 17.1 Å². The number of carbonyl (C=O) groups is 1. The molecule has 96 valence electrons. The fourth-order valence-corrected chi connectivity index (χ4v) is 2.94. The topological polar surface area (TPSA) is 54.6 Å². The number of aliphatic carboxylic acids is 1. The number of carboxylic acids is 1. The van der Waals surface area contributed by atoms with E-state index in [1.807, 2.05) is 34.2 Å². The van der Waals surface area contributed by atoms with Crippen molar-refractivity contribution in [1.29, 1.82) is 0 Å². The third-order valence-electron chi connectivity index (χ3n) is 2.89. The average Bonchev–Trinajstić information content (AvgIpc) is 2.92. The molecule has 1 N–H and O–H groups in total. The number of carboxylic acid groups (broad SMARTS) is 1. The lowest BCUT2D eigenvalue weighted by Gasteiger charge is -1.96. The van der Waals surface area contributed by atoms with Gasteiger partial charge in [0.15, 0.2) is 4.96 Å². The molecule has 2 heterocycles. The van der Waals surface area contributed by atoms with E-state index < -0.39 is 5.97 Å². The smallest absolute Gasteiger partial charge is 0.309 e. The molecule has 0 radical (unpaired) electrons. The summed E-state index contributed by atoms with van der Waals surface area (Å²) in [7, 11) is 0. The minimum absolute atomic E-state index is 0.0289. The number of hydrogen-bond acceptors (Lipinski definition) is 3. The second-order valence-corrected chi connectivity index (χ2v) is 5.18. The summed E-state index contributed by atoms with van der Waals surface area (Å²) in [6, 6.07) is 10.1. The molecular formula is C14H12N2O2S. The monoisotopic (exact) mass is 272 g/mol. The lowest BCUT2D eigenvalue weighted by atomic mass is 10.1. The van der Waals surface area contributed by atoms with Gasteiger partial charge in [0.05, 0.1) is 12.1 Å². The molecule has 0 saturated heterocycles. The third kappa shape index (κ3) is 2.51. The first-order valence-electron chi connectivity index (χ1n) is 5.92. The van der Waals surface area contributed by atoms with E-state index in [1.165, 1.54) is 16.9 Å². The minimum atomic E-state index is -0.821. The Morgan fingerprint density at radius 3 is 2.84 bits per heavy atom. The van der Waals surface area contributed by atoms with Gasteiger partial charge in [0.2, 0.25) is 0 Å². The molecule has 0 spiro atoms. The Morgan fingerprint density at radius 2 is 2.11 bits per heavy atom. The van der Waals surface area contributed by atoms with Crippen molar-refractivity contribution in [3.05, 3.63) is 58.9 Å². The van der Waals surface area contributed by atoms with Crippen molar-refractivity contribution >= 4 is 22.3 Å². The second kappa shape index (κ2) is 4.85. The van der Waals surface area contributed by atoms with Crippen molar-refractivity contribution in [2.45, 2.75) is 12.8 Å². The zero-order chi connectivity index (χ0) is 13.2. The van der Waals surface area contributed by atoms with Crippen molar-refractivity contribution in [2.24, 2.45) is 0 Å².